The van der Waals surface area contributed by atoms with E-state index in [1.807, 2.05) is 18.3 Å². The zero-order chi connectivity index (χ0) is 11.8. The number of fused-ring (bicyclic) bond motifs is 2. The monoisotopic (exact) mass is 248 g/mol. The Morgan fingerprint density at radius 1 is 1.35 bits per heavy atom. The van der Waals surface area contributed by atoms with Gasteiger partial charge in [-0.3, -0.25) is 0 Å². The van der Waals surface area contributed by atoms with Crippen LogP contribution in [-0.2, 0) is 0 Å². The summed E-state index contributed by atoms with van der Waals surface area (Å²) in [6.07, 6.45) is 9.03. The molecule has 1 aromatic heterocycles. The number of pyridine rings is 1. The number of aromatic nitrogens is 1. The molecule has 1 aromatic rings. The van der Waals surface area contributed by atoms with Crippen molar-refractivity contribution in [3.63, 3.8) is 0 Å². The molecule has 2 unspecified atom stereocenters. The van der Waals surface area contributed by atoms with Crippen molar-refractivity contribution in [2.24, 2.45) is 0 Å². The molecule has 2 fully saturated rings. The van der Waals surface area contributed by atoms with Crippen molar-refractivity contribution < 1.29 is 0 Å². The van der Waals surface area contributed by atoms with Crippen LogP contribution in [0.15, 0.2) is 30.0 Å². The lowest BCUT2D eigenvalue weighted by molar-refractivity contribution is 0.544. The Hall–Kier alpha value is -1.02. The Bertz CT molecular complexity index is 439. The summed E-state index contributed by atoms with van der Waals surface area (Å²) in [7, 11) is 0. The van der Waals surface area contributed by atoms with Crippen molar-refractivity contribution in [3.8, 4) is 0 Å². The maximum absolute atomic E-state index is 6.27. The molecule has 3 heterocycles. The SMILES string of the molecule is CC=C1CC2CCC(C1)N2c1ncccc1Cl. The van der Waals surface area contributed by atoms with Gasteiger partial charge in [0.15, 0.2) is 0 Å². The minimum Gasteiger partial charge on any atom is -0.349 e. The maximum Gasteiger partial charge on any atom is 0.147 e. The summed E-state index contributed by atoms with van der Waals surface area (Å²) >= 11 is 6.27. The van der Waals surface area contributed by atoms with E-state index < -0.39 is 0 Å². The molecule has 0 N–H and O–H groups in total. The van der Waals surface area contributed by atoms with E-state index in [4.69, 9.17) is 11.6 Å². The van der Waals surface area contributed by atoms with Crippen LogP contribution in [-0.4, -0.2) is 17.1 Å². The van der Waals surface area contributed by atoms with E-state index in [0.717, 1.165) is 10.8 Å². The Labute approximate surface area is 107 Å². The second-order valence-corrected chi connectivity index (χ2v) is 5.36. The summed E-state index contributed by atoms with van der Waals surface area (Å²) in [6, 6.07) is 5.04. The molecule has 0 aliphatic carbocycles. The second kappa shape index (κ2) is 4.34. The Balaban J connectivity index is 1.94. The summed E-state index contributed by atoms with van der Waals surface area (Å²) in [5.41, 5.74) is 1.60. The van der Waals surface area contributed by atoms with Gasteiger partial charge in [-0.1, -0.05) is 23.3 Å². The van der Waals surface area contributed by atoms with Crippen molar-refractivity contribution >= 4 is 17.4 Å². The van der Waals surface area contributed by atoms with Crippen LogP contribution in [0.25, 0.3) is 0 Å². The Morgan fingerprint density at radius 2 is 2.06 bits per heavy atom. The second-order valence-electron chi connectivity index (χ2n) is 4.96. The van der Waals surface area contributed by atoms with Gasteiger partial charge in [-0.05, 0) is 44.7 Å². The Kier molecular flexibility index (Phi) is 2.83. The molecule has 0 radical (unpaired) electrons. The van der Waals surface area contributed by atoms with E-state index >= 15 is 0 Å². The number of piperidine rings is 1. The lowest BCUT2D eigenvalue weighted by Crippen LogP contribution is -2.41. The van der Waals surface area contributed by atoms with Crippen LogP contribution >= 0.6 is 11.6 Å². The van der Waals surface area contributed by atoms with Gasteiger partial charge in [0.05, 0.1) is 5.02 Å². The van der Waals surface area contributed by atoms with Crippen LogP contribution < -0.4 is 4.90 Å². The van der Waals surface area contributed by atoms with E-state index in [9.17, 15) is 0 Å². The number of rotatable bonds is 1. The van der Waals surface area contributed by atoms with Gasteiger partial charge in [0, 0.05) is 18.3 Å². The number of allylic oxidation sites excluding steroid dienone is 1. The van der Waals surface area contributed by atoms with Crippen LogP contribution in [0.4, 0.5) is 5.82 Å². The highest BCUT2D eigenvalue weighted by Gasteiger charge is 2.39. The van der Waals surface area contributed by atoms with Crippen LogP contribution in [0.1, 0.15) is 32.6 Å². The number of hydrogen-bond donors (Lipinski definition) is 0. The molecule has 0 amide bonds. The molecule has 2 atom stereocenters. The molecule has 17 heavy (non-hydrogen) atoms. The summed E-state index contributed by atoms with van der Waals surface area (Å²) < 4.78 is 0. The maximum atomic E-state index is 6.27. The molecule has 3 heteroatoms. The summed E-state index contributed by atoms with van der Waals surface area (Å²) in [4.78, 5) is 6.92. The van der Waals surface area contributed by atoms with Crippen LogP contribution in [0.3, 0.4) is 0 Å². The summed E-state index contributed by atoms with van der Waals surface area (Å²) in [5.74, 6) is 0.983. The first-order valence-corrected chi connectivity index (χ1v) is 6.70. The molecule has 90 valence electrons. The van der Waals surface area contributed by atoms with Gasteiger partial charge in [0.25, 0.3) is 0 Å². The van der Waals surface area contributed by atoms with Crippen LogP contribution in [0, 0.1) is 0 Å². The van der Waals surface area contributed by atoms with Gasteiger partial charge in [0.1, 0.15) is 5.82 Å². The molecule has 0 saturated carbocycles. The first-order valence-electron chi connectivity index (χ1n) is 6.32. The van der Waals surface area contributed by atoms with E-state index in [2.05, 4.69) is 22.9 Å². The third kappa shape index (κ3) is 1.85. The lowest BCUT2D eigenvalue weighted by Gasteiger charge is -2.37. The van der Waals surface area contributed by atoms with Gasteiger partial charge in [-0.15, -0.1) is 0 Å². The quantitative estimate of drug-likeness (QED) is 0.703. The van der Waals surface area contributed by atoms with Gasteiger partial charge in [0.2, 0.25) is 0 Å². The fraction of sp³-hybridized carbons (Fsp3) is 0.500. The normalized spacial score (nSPS) is 27.4. The third-order valence-electron chi connectivity index (χ3n) is 4.01. The predicted octanol–water partition coefficient (Wildman–Crippen LogP) is 3.81. The average Bonchev–Trinajstić information content (AvgIpc) is 2.60. The first-order chi connectivity index (χ1) is 8.29. The smallest absolute Gasteiger partial charge is 0.147 e. The van der Waals surface area contributed by atoms with E-state index in [1.165, 1.54) is 25.7 Å². The highest BCUT2D eigenvalue weighted by Crippen LogP contribution is 2.42. The molecular weight excluding hydrogens is 232 g/mol. The van der Waals surface area contributed by atoms with Crippen molar-refractivity contribution in [1.29, 1.82) is 0 Å². The molecule has 3 rings (SSSR count). The van der Waals surface area contributed by atoms with Gasteiger partial charge in [-0.2, -0.15) is 0 Å². The largest absolute Gasteiger partial charge is 0.349 e. The highest BCUT2D eigenvalue weighted by molar-refractivity contribution is 6.32. The first kappa shape index (κ1) is 11.1. The number of anilines is 1. The molecule has 2 aliphatic heterocycles. The zero-order valence-corrected chi connectivity index (χ0v) is 10.8. The summed E-state index contributed by atoms with van der Waals surface area (Å²) in [5, 5.41) is 0.785. The van der Waals surface area contributed by atoms with E-state index in [0.29, 0.717) is 12.1 Å². The molecule has 0 aromatic carbocycles. The molecular formula is C14H17ClN2. The van der Waals surface area contributed by atoms with Crippen molar-refractivity contribution in [3.05, 3.63) is 35.0 Å². The van der Waals surface area contributed by atoms with Crippen molar-refractivity contribution in [2.45, 2.75) is 44.7 Å². The molecule has 2 bridgehead atoms. The van der Waals surface area contributed by atoms with Gasteiger partial charge >= 0.3 is 0 Å². The van der Waals surface area contributed by atoms with Crippen molar-refractivity contribution in [2.75, 3.05) is 4.90 Å². The number of nitrogens with zero attached hydrogens (tertiary/aromatic N) is 2. The van der Waals surface area contributed by atoms with Gasteiger partial charge in [-0.25, -0.2) is 4.98 Å². The molecule has 2 aliphatic rings. The predicted molar refractivity (Wildman–Crippen MR) is 71.5 cm³/mol. The van der Waals surface area contributed by atoms with Crippen LogP contribution in [0.2, 0.25) is 5.02 Å². The Morgan fingerprint density at radius 3 is 2.65 bits per heavy atom. The van der Waals surface area contributed by atoms with E-state index in [1.54, 1.807) is 5.57 Å². The minimum absolute atomic E-state index is 0.604. The molecule has 2 nitrogen and oxygen atoms in total. The fourth-order valence-corrected chi connectivity index (χ4v) is 3.42. The average molecular weight is 249 g/mol. The lowest BCUT2D eigenvalue weighted by atomic mass is 9.96. The minimum atomic E-state index is 0.604. The fourth-order valence-electron chi connectivity index (χ4n) is 3.20. The number of halogens is 1. The molecule has 0 spiro atoms. The highest BCUT2D eigenvalue weighted by atomic mass is 35.5. The standard InChI is InChI=1S/C14H17ClN2/c1-2-10-8-11-5-6-12(9-10)17(11)14-13(15)4-3-7-16-14/h2-4,7,11-12H,5-6,8-9H2,1H3. The topological polar surface area (TPSA) is 16.1 Å². The van der Waals surface area contributed by atoms with E-state index in [-0.39, 0.29) is 0 Å². The zero-order valence-electron chi connectivity index (χ0n) is 10.1. The number of hydrogen-bond acceptors (Lipinski definition) is 2. The summed E-state index contributed by atoms with van der Waals surface area (Å²) in [6.45, 7) is 2.15. The molecule has 2 saturated heterocycles. The van der Waals surface area contributed by atoms with Gasteiger partial charge < -0.3 is 4.90 Å². The van der Waals surface area contributed by atoms with Crippen molar-refractivity contribution in [1.82, 2.24) is 4.98 Å². The third-order valence-corrected chi connectivity index (χ3v) is 4.30. The van der Waals surface area contributed by atoms with Crippen LogP contribution in [0.5, 0.6) is 0 Å².